The van der Waals surface area contributed by atoms with Crippen LogP contribution in [0, 0.1) is 0 Å². The first-order valence-corrected chi connectivity index (χ1v) is 3.84. The van der Waals surface area contributed by atoms with Crippen molar-refractivity contribution in [2.75, 3.05) is 11.9 Å². The van der Waals surface area contributed by atoms with Gasteiger partial charge in [-0.3, -0.25) is 10.2 Å². The lowest BCUT2D eigenvalue weighted by atomic mass is 10.8. The summed E-state index contributed by atoms with van der Waals surface area (Å²) in [6.07, 6.45) is 1.26. The van der Waals surface area contributed by atoms with Gasteiger partial charge in [-0.1, -0.05) is 0 Å². The largest absolute Gasteiger partial charge is 0.479 e. The standard InChI is InChI=1S/C6H9N5O4/c1-11-5(7-3-8-11)9-6(14)10-15-2-4(12)13/h3H,2H2,1H3,(H,12,13)(H2,7,8,9,10,14). The molecule has 0 aliphatic carbocycles. The van der Waals surface area contributed by atoms with E-state index < -0.39 is 18.6 Å². The van der Waals surface area contributed by atoms with E-state index in [-0.39, 0.29) is 5.95 Å². The van der Waals surface area contributed by atoms with Crippen molar-refractivity contribution in [1.29, 1.82) is 0 Å². The van der Waals surface area contributed by atoms with Gasteiger partial charge in [-0.15, -0.1) is 0 Å². The summed E-state index contributed by atoms with van der Waals surface area (Å²) in [6.45, 7) is -0.619. The van der Waals surface area contributed by atoms with Crippen LogP contribution in [0.4, 0.5) is 10.7 Å². The van der Waals surface area contributed by atoms with E-state index in [1.54, 1.807) is 7.05 Å². The lowest BCUT2D eigenvalue weighted by Gasteiger charge is -2.04. The van der Waals surface area contributed by atoms with Gasteiger partial charge < -0.3 is 5.11 Å². The summed E-state index contributed by atoms with van der Waals surface area (Å²) in [5, 5.41) is 14.2. The molecule has 0 aliphatic heterocycles. The van der Waals surface area contributed by atoms with Crippen LogP contribution in [0.5, 0.6) is 0 Å². The fraction of sp³-hybridized carbons (Fsp3) is 0.333. The summed E-state index contributed by atoms with van der Waals surface area (Å²) in [5.74, 6) is -0.972. The smallest absolute Gasteiger partial charge is 0.345 e. The minimum Gasteiger partial charge on any atom is -0.479 e. The lowest BCUT2D eigenvalue weighted by Crippen LogP contribution is -2.31. The van der Waals surface area contributed by atoms with Crippen molar-refractivity contribution < 1.29 is 19.5 Å². The number of carbonyl (C=O) groups is 2. The molecule has 82 valence electrons. The Morgan fingerprint density at radius 3 is 2.93 bits per heavy atom. The van der Waals surface area contributed by atoms with Crippen LogP contribution < -0.4 is 10.8 Å². The highest BCUT2D eigenvalue weighted by molar-refractivity contribution is 5.86. The highest BCUT2D eigenvalue weighted by Gasteiger charge is 2.06. The van der Waals surface area contributed by atoms with Gasteiger partial charge in [0, 0.05) is 7.05 Å². The normalized spacial score (nSPS) is 9.67. The van der Waals surface area contributed by atoms with Gasteiger partial charge in [-0.25, -0.2) is 19.8 Å². The van der Waals surface area contributed by atoms with Crippen molar-refractivity contribution in [2.45, 2.75) is 0 Å². The van der Waals surface area contributed by atoms with E-state index in [4.69, 9.17) is 5.11 Å². The Kier molecular flexibility index (Phi) is 3.57. The number of urea groups is 1. The number of hydroxylamine groups is 1. The zero-order chi connectivity index (χ0) is 11.3. The van der Waals surface area contributed by atoms with Crippen molar-refractivity contribution in [2.24, 2.45) is 7.05 Å². The zero-order valence-electron chi connectivity index (χ0n) is 7.80. The van der Waals surface area contributed by atoms with Crippen LogP contribution in [0.1, 0.15) is 0 Å². The van der Waals surface area contributed by atoms with Gasteiger partial charge in [-0.2, -0.15) is 10.1 Å². The third-order valence-electron chi connectivity index (χ3n) is 1.30. The molecule has 0 bridgehead atoms. The second kappa shape index (κ2) is 4.91. The minimum absolute atomic E-state index is 0.214. The fourth-order valence-electron chi connectivity index (χ4n) is 0.700. The molecule has 9 nitrogen and oxygen atoms in total. The molecule has 1 aromatic rings. The van der Waals surface area contributed by atoms with E-state index in [9.17, 15) is 9.59 Å². The number of carboxylic acids is 1. The highest BCUT2D eigenvalue weighted by atomic mass is 16.7. The quantitative estimate of drug-likeness (QED) is 0.551. The maximum atomic E-state index is 11.0. The average molecular weight is 215 g/mol. The number of hydrogen-bond acceptors (Lipinski definition) is 5. The number of aryl methyl sites for hydroxylation is 1. The highest BCUT2D eigenvalue weighted by Crippen LogP contribution is 1.96. The Labute approximate surface area is 84.0 Å². The van der Waals surface area contributed by atoms with Crippen molar-refractivity contribution in [3.63, 3.8) is 0 Å². The van der Waals surface area contributed by atoms with Crippen LogP contribution in [0.2, 0.25) is 0 Å². The van der Waals surface area contributed by atoms with E-state index in [0.29, 0.717) is 0 Å². The van der Waals surface area contributed by atoms with Gasteiger partial charge >= 0.3 is 12.0 Å². The molecule has 0 unspecified atom stereocenters. The minimum atomic E-state index is -1.19. The summed E-state index contributed by atoms with van der Waals surface area (Å²) in [7, 11) is 1.58. The lowest BCUT2D eigenvalue weighted by molar-refractivity contribution is -0.143. The maximum absolute atomic E-state index is 11.0. The molecular weight excluding hydrogens is 206 g/mol. The molecule has 0 saturated carbocycles. The van der Waals surface area contributed by atoms with E-state index in [0.717, 1.165) is 0 Å². The topological polar surface area (TPSA) is 118 Å². The molecule has 9 heteroatoms. The van der Waals surface area contributed by atoms with E-state index >= 15 is 0 Å². The van der Waals surface area contributed by atoms with Gasteiger partial charge in [-0.05, 0) is 0 Å². The second-order valence-corrected chi connectivity index (χ2v) is 2.45. The van der Waals surface area contributed by atoms with E-state index in [1.807, 2.05) is 5.48 Å². The Hall–Kier alpha value is -2.16. The molecule has 0 fully saturated rings. The molecule has 1 aromatic heterocycles. The molecular formula is C6H9N5O4. The van der Waals surface area contributed by atoms with E-state index in [1.165, 1.54) is 11.0 Å². The summed E-state index contributed by atoms with van der Waals surface area (Å²) in [6, 6.07) is -0.729. The monoisotopic (exact) mass is 215 g/mol. The number of nitrogens with one attached hydrogen (secondary N) is 2. The number of hydrogen-bond donors (Lipinski definition) is 3. The number of amides is 2. The maximum Gasteiger partial charge on any atom is 0.345 e. The van der Waals surface area contributed by atoms with Crippen LogP contribution in [-0.2, 0) is 16.7 Å². The van der Waals surface area contributed by atoms with Crippen molar-refractivity contribution in [3.05, 3.63) is 6.33 Å². The van der Waals surface area contributed by atoms with Crippen LogP contribution >= 0.6 is 0 Å². The first kappa shape index (κ1) is 10.9. The van der Waals surface area contributed by atoms with Crippen LogP contribution in [0.3, 0.4) is 0 Å². The van der Waals surface area contributed by atoms with Crippen LogP contribution in [-0.4, -0.2) is 38.5 Å². The molecule has 0 radical (unpaired) electrons. The molecule has 0 aliphatic rings. The molecule has 15 heavy (non-hydrogen) atoms. The number of rotatable bonds is 4. The zero-order valence-corrected chi connectivity index (χ0v) is 7.80. The first-order chi connectivity index (χ1) is 7.09. The van der Waals surface area contributed by atoms with Gasteiger partial charge in [0.2, 0.25) is 5.95 Å². The Balaban J connectivity index is 2.31. The predicted molar refractivity (Wildman–Crippen MR) is 46.7 cm³/mol. The van der Waals surface area contributed by atoms with E-state index in [2.05, 4.69) is 20.2 Å². The summed E-state index contributed by atoms with van der Waals surface area (Å²) in [5.41, 5.74) is 1.87. The summed E-state index contributed by atoms with van der Waals surface area (Å²) in [4.78, 5) is 29.1. The molecule has 3 N–H and O–H groups in total. The van der Waals surface area contributed by atoms with Crippen molar-refractivity contribution >= 4 is 17.9 Å². The predicted octanol–water partition coefficient (Wildman–Crippen LogP) is -1.05. The Bertz CT molecular complexity index is 362. The summed E-state index contributed by atoms with van der Waals surface area (Å²) >= 11 is 0. The van der Waals surface area contributed by atoms with Gasteiger partial charge in [0.05, 0.1) is 0 Å². The molecule has 2 amide bonds. The Morgan fingerprint density at radius 1 is 1.67 bits per heavy atom. The van der Waals surface area contributed by atoms with Gasteiger partial charge in [0.25, 0.3) is 0 Å². The average Bonchev–Trinajstić information content (AvgIpc) is 2.51. The number of anilines is 1. The van der Waals surface area contributed by atoms with Crippen molar-refractivity contribution in [3.8, 4) is 0 Å². The number of carboxylic acid groups (broad SMARTS) is 1. The molecule has 1 rings (SSSR count). The van der Waals surface area contributed by atoms with Gasteiger partial charge in [0.15, 0.2) is 6.61 Å². The molecule has 1 heterocycles. The second-order valence-electron chi connectivity index (χ2n) is 2.45. The number of carbonyl (C=O) groups excluding carboxylic acids is 1. The molecule has 0 aromatic carbocycles. The number of nitrogens with zero attached hydrogens (tertiary/aromatic N) is 3. The fourth-order valence-corrected chi connectivity index (χ4v) is 0.700. The number of aliphatic carboxylic acids is 1. The molecule has 0 spiro atoms. The molecule has 0 atom stereocenters. The first-order valence-electron chi connectivity index (χ1n) is 3.84. The third kappa shape index (κ3) is 3.60. The molecule has 0 saturated heterocycles. The van der Waals surface area contributed by atoms with Crippen LogP contribution in [0.25, 0.3) is 0 Å². The Morgan fingerprint density at radius 2 is 2.40 bits per heavy atom. The van der Waals surface area contributed by atoms with Crippen LogP contribution in [0.15, 0.2) is 6.33 Å². The van der Waals surface area contributed by atoms with Gasteiger partial charge in [0.1, 0.15) is 6.33 Å². The third-order valence-corrected chi connectivity index (χ3v) is 1.30. The SMILES string of the molecule is Cn1ncnc1NC(=O)NOCC(=O)O. The number of aromatic nitrogens is 3. The van der Waals surface area contributed by atoms with Crippen molar-refractivity contribution in [1.82, 2.24) is 20.2 Å². The summed E-state index contributed by atoms with van der Waals surface area (Å²) < 4.78 is 1.33.